The van der Waals surface area contributed by atoms with Gasteiger partial charge in [0.1, 0.15) is 11.9 Å². The number of alkyl halides is 1. The lowest BCUT2D eigenvalue weighted by atomic mass is 9.87. The van der Waals surface area contributed by atoms with Crippen LogP contribution in [-0.2, 0) is 9.59 Å². The van der Waals surface area contributed by atoms with Gasteiger partial charge in [-0.25, -0.2) is 0 Å². The number of carbonyl (C=O) groups is 2. The monoisotopic (exact) mass is 438 g/mol. The van der Waals surface area contributed by atoms with Crippen molar-refractivity contribution < 1.29 is 19.1 Å². The Kier molecular flexibility index (Phi) is 9.76. The summed E-state index contributed by atoms with van der Waals surface area (Å²) in [5, 5.41) is 3.19. The molecule has 1 N–H and O–H groups in total. The molecule has 1 atom stereocenters. The summed E-state index contributed by atoms with van der Waals surface area (Å²) in [5.74, 6) is 1.20. The topological polar surface area (TPSA) is 67.9 Å². The number of methoxy groups -OCH3 is 2. The summed E-state index contributed by atoms with van der Waals surface area (Å²) in [4.78, 5) is 27.8. The van der Waals surface area contributed by atoms with Crippen LogP contribution in [0.3, 0.4) is 0 Å². The minimum absolute atomic E-state index is 0.135. The lowest BCUT2D eigenvalue weighted by Crippen LogP contribution is -2.48. The summed E-state index contributed by atoms with van der Waals surface area (Å²) < 4.78 is 10.8. The van der Waals surface area contributed by atoms with Gasteiger partial charge < -0.3 is 19.7 Å². The third-order valence-corrected chi connectivity index (χ3v) is 6.06. The van der Waals surface area contributed by atoms with E-state index in [0.717, 1.165) is 38.5 Å². The molecule has 1 aromatic rings. The maximum absolute atomic E-state index is 13.5. The molecule has 1 aliphatic carbocycles. The van der Waals surface area contributed by atoms with Crippen LogP contribution in [0.25, 0.3) is 0 Å². The Hall–Kier alpha value is -1.95. The number of nitrogens with zero attached hydrogens (tertiary/aromatic N) is 1. The van der Waals surface area contributed by atoms with E-state index in [1.165, 1.54) is 0 Å². The number of amides is 2. The molecule has 1 aromatic carbocycles. The van der Waals surface area contributed by atoms with Crippen molar-refractivity contribution in [1.82, 2.24) is 10.2 Å². The number of hydrogen-bond acceptors (Lipinski definition) is 4. The van der Waals surface area contributed by atoms with Crippen molar-refractivity contribution in [3.8, 4) is 11.5 Å². The van der Waals surface area contributed by atoms with E-state index in [2.05, 4.69) is 19.2 Å². The predicted octanol–water partition coefficient (Wildman–Crippen LogP) is 4.31. The molecule has 1 fully saturated rings. The summed E-state index contributed by atoms with van der Waals surface area (Å²) in [5.41, 5.74) is 0.684. The van der Waals surface area contributed by atoms with Crippen molar-refractivity contribution in [2.45, 2.75) is 64.5 Å². The Morgan fingerprint density at radius 2 is 1.83 bits per heavy atom. The van der Waals surface area contributed by atoms with E-state index in [1.807, 2.05) is 6.07 Å². The van der Waals surface area contributed by atoms with Crippen LogP contribution in [0.1, 0.15) is 64.0 Å². The van der Waals surface area contributed by atoms with Crippen LogP contribution in [0.4, 0.5) is 0 Å². The molecular weight excluding hydrogens is 404 g/mol. The fourth-order valence-corrected chi connectivity index (χ4v) is 4.14. The first kappa shape index (κ1) is 24.3. The van der Waals surface area contributed by atoms with Crippen LogP contribution in [0.5, 0.6) is 11.5 Å². The van der Waals surface area contributed by atoms with Crippen LogP contribution in [-0.4, -0.2) is 49.4 Å². The third kappa shape index (κ3) is 6.27. The molecule has 0 radical (unpaired) electrons. The molecule has 0 aromatic heterocycles. The van der Waals surface area contributed by atoms with Crippen molar-refractivity contribution in [3.63, 3.8) is 0 Å². The van der Waals surface area contributed by atoms with E-state index in [4.69, 9.17) is 21.1 Å². The van der Waals surface area contributed by atoms with Crippen LogP contribution >= 0.6 is 11.6 Å². The van der Waals surface area contributed by atoms with Gasteiger partial charge >= 0.3 is 0 Å². The van der Waals surface area contributed by atoms with Crippen molar-refractivity contribution in [2.24, 2.45) is 5.92 Å². The van der Waals surface area contributed by atoms with E-state index in [1.54, 1.807) is 31.3 Å². The SMILES string of the molecule is CCCCN(C(=O)CCl)[C@@H](C(=O)NC1CCC(C)CC1)c1ccc(OC)c(OC)c1. The fourth-order valence-electron chi connectivity index (χ4n) is 3.98. The average Bonchev–Trinajstić information content (AvgIpc) is 2.77. The fraction of sp³-hybridized carbons (Fsp3) is 0.652. The molecule has 1 saturated carbocycles. The number of carbonyl (C=O) groups excluding carboxylic acids is 2. The summed E-state index contributed by atoms with van der Waals surface area (Å²) in [6.07, 6.45) is 5.83. The number of benzene rings is 1. The number of unbranched alkanes of at least 4 members (excludes halogenated alkanes) is 1. The lowest BCUT2D eigenvalue weighted by Gasteiger charge is -2.34. The highest BCUT2D eigenvalue weighted by atomic mass is 35.5. The van der Waals surface area contributed by atoms with E-state index >= 15 is 0 Å². The largest absolute Gasteiger partial charge is 0.493 e. The van der Waals surface area contributed by atoms with Crippen LogP contribution in [0.15, 0.2) is 18.2 Å². The van der Waals surface area contributed by atoms with Crippen molar-refractivity contribution in [2.75, 3.05) is 26.6 Å². The zero-order chi connectivity index (χ0) is 22.1. The van der Waals surface area contributed by atoms with Crippen LogP contribution < -0.4 is 14.8 Å². The Bertz CT molecular complexity index is 704. The number of halogens is 1. The maximum Gasteiger partial charge on any atom is 0.247 e. The number of nitrogens with one attached hydrogen (secondary N) is 1. The Labute approximate surface area is 185 Å². The zero-order valence-electron chi connectivity index (χ0n) is 18.6. The second-order valence-corrected chi connectivity index (χ2v) is 8.32. The molecule has 0 unspecified atom stereocenters. The molecule has 6 nitrogen and oxygen atoms in total. The van der Waals surface area contributed by atoms with Crippen LogP contribution in [0, 0.1) is 5.92 Å². The summed E-state index contributed by atoms with van der Waals surface area (Å²) >= 11 is 5.91. The highest BCUT2D eigenvalue weighted by molar-refractivity contribution is 6.27. The molecule has 168 valence electrons. The average molecular weight is 439 g/mol. The van der Waals surface area contributed by atoms with Crippen molar-refractivity contribution in [3.05, 3.63) is 23.8 Å². The highest BCUT2D eigenvalue weighted by Gasteiger charge is 2.33. The van der Waals surface area contributed by atoms with Gasteiger partial charge in [-0.2, -0.15) is 0 Å². The molecular formula is C23H35ClN2O4. The molecule has 2 amide bonds. The third-order valence-electron chi connectivity index (χ3n) is 5.83. The van der Waals surface area contributed by atoms with Crippen molar-refractivity contribution in [1.29, 1.82) is 0 Å². The molecule has 0 saturated heterocycles. The van der Waals surface area contributed by atoms with Crippen molar-refractivity contribution >= 4 is 23.4 Å². The minimum atomic E-state index is -0.762. The van der Waals surface area contributed by atoms with E-state index in [9.17, 15) is 9.59 Å². The molecule has 0 aliphatic heterocycles. The maximum atomic E-state index is 13.5. The summed E-state index contributed by atoms with van der Waals surface area (Å²) in [7, 11) is 3.12. The van der Waals surface area contributed by atoms with Gasteiger partial charge in [0.05, 0.1) is 14.2 Å². The molecule has 1 aliphatic rings. The quantitative estimate of drug-likeness (QED) is 0.553. The molecule has 0 bridgehead atoms. The van der Waals surface area contributed by atoms with Gasteiger partial charge in [-0.15, -0.1) is 11.6 Å². The second-order valence-electron chi connectivity index (χ2n) is 8.06. The number of ether oxygens (including phenoxy) is 2. The molecule has 2 rings (SSSR count). The normalized spacial score (nSPS) is 19.6. The lowest BCUT2D eigenvalue weighted by molar-refractivity contribution is -0.139. The first-order valence-electron chi connectivity index (χ1n) is 10.8. The number of hydrogen-bond donors (Lipinski definition) is 1. The van der Waals surface area contributed by atoms with Crippen LogP contribution in [0.2, 0.25) is 0 Å². The van der Waals surface area contributed by atoms with Gasteiger partial charge in [0.25, 0.3) is 0 Å². The second kappa shape index (κ2) is 12.0. The smallest absolute Gasteiger partial charge is 0.247 e. The first-order chi connectivity index (χ1) is 14.4. The van der Waals surface area contributed by atoms with E-state index in [0.29, 0.717) is 29.5 Å². The Morgan fingerprint density at radius 3 is 2.40 bits per heavy atom. The van der Waals surface area contributed by atoms with Gasteiger partial charge in [-0.3, -0.25) is 9.59 Å². The summed E-state index contributed by atoms with van der Waals surface area (Å²) in [6, 6.07) is 4.72. The van der Waals surface area contributed by atoms with Gasteiger partial charge in [0.15, 0.2) is 11.5 Å². The van der Waals surface area contributed by atoms with Gasteiger partial charge in [-0.1, -0.05) is 26.3 Å². The Morgan fingerprint density at radius 1 is 1.17 bits per heavy atom. The van der Waals surface area contributed by atoms with Gasteiger partial charge in [0.2, 0.25) is 11.8 Å². The highest BCUT2D eigenvalue weighted by Crippen LogP contribution is 2.33. The standard InChI is InChI=1S/C23H35ClN2O4/c1-5-6-13-26(21(27)15-24)22(17-9-12-19(29-3)20(14-17)30-4)23(28)25-18-10-7-16(2)8-11-18/h9,12,14,16,18,22H,5-8,10-11,13,15H2,1-4H3,(H,25,28)/t16?,18?,22-/m1/s1. The zero-order valence-corrected chi connectivity index (χ0v) is 19.3. The molecule has 7 heteroatoms. The van der Waals surface area contributed by atoms with Gasteiger partial charge in [-0.05, 0) is 55.7 Å². The molecule has 0 heterocycles. The molecule has 0 spiro atoms. The first-order valence-corrected chi connectivity index (χ1v) is 11.4. The molecule has 30 heavy (non-hydrogen) atoms. The van der Waals surface area contributed by atoms with E-state index in [-0.39, 0.29) is 23.7 Å². The number of rotatable bonds is 10. The van der Waals surface area contributed by atoms with Gasteiger partial charge in [0, 0.05) is 12.6 Å². The van der Waals surface area contributed by atoms with E-state index < -0.39 is 6.04 Å². The Balaban J connectivity index is 2.37. The minimum Gasteiger partial charge on any atom is -0.493 e. The summed E-state index contributed by atoms with van der Waals surface area (Å²) in [6.45, 7) is 4.77. The predicted molar refractivity (Wildman–Crippen MR) is 119 cm³/mol.